The van der Waals surface area contributed by atoms with Crippen molar-refractivity contribution in [3.8, 4) is 0 Å². The van der Waals surface area contributed by atoms with Gasteiger partial charge in [0.1, 0.15) is 12.4 Å². The fraction of sp³-hybridized carbons (Fsp3) is 0.692. The summed E-state index contributed by atoms with van der Waals surface area (Å²) < 4.78 is 1.42. The van der Waals surface area contributed by atoms with Crippen molar-refractivity contribution < 1.29 is 9.59 Å². The highest BCUT2D eigenvalue weighted by molar-refractivity contribution is 8.01. The second-order valence-corrected chi connectivity index (χ2v) is 7.46. The fourth-order valence-corrected chi connectivity index (χ4v) is 2.99. The molecule has 0 bridgehead atoms. The molecule has 1 aliphatic rings. The van der Waals surface area contributed by atoms with E-state index < -0.39 is 10.8 Å². The zero-order chi connectivity index (χ0) is 15.6. The Hall–Kier alpha value is -1.57. The van der Waals surface area contributed by atoms with E-state index in [2.05, 4.69) is 20.8 Å². The molecule has 7 nitrogen and oxygen atoms in total. The third-order valence-corrected chi connectivity index (χ3v) is 4.81. The van der Waals surface area contributed by atoms with Crippen molar-refractivity contribution in [2.24, 2.45) is 0 Å². The normalized spacial score (nSPS) is 21.2. The Labute approximate surface area is 128 Å². The molecule has 1 aromatic heterocycles. The number of nitrogens with one attached hydrogen (secondary N) is 2. The van der Waals surface area contributed by atoms with Gasteiger partial charge < -0.3 is 15.2 Å². The summed E-state index contributed by atoms with van der Waals surface area (Å²) in [5.41, 5.74) is 0. The van der Waals surface area contributed by atoms with Gasteiger partial charge in [-0.05, 0) is 27.7 Å². The summed E-state index contributed by atoms with van der Waals surface area (Å²) in [5, 5.41) is 13.4. The standard InChI is InChI=1S/C13H21N5O2S/c1-8(2)18-7-15-17-10(18)5-14-11(19)9-6-21-13(3,4)12(20)16-9/h7-9H,5-6H2,1-4H3,(H,14,19)(H,16,20). The van der Waals surface area contributed by atoms with E-state index >= 15 is 0 Å². The molecule has 1 saturated heterocycles. The van der Waals surface area contributed by atoms with Gasteiger partial charge in [0.15, 0.2) is 5.82 Å². The van der Waals surface area contributed by atoms with Crippen molar-refractivity contribution in [1.29, 1.82) is 0 Å². The van der Waals surface area contributed by atoms with Crippen molar-refractivity contribution in [3.05, 3.63) is 12.2 Å². The van der Waals surface area contributed by atoms with Crippen LogP contribution < -0.4 is 10.6 Å². The number of aromatic nitrogens is 3. The molecule has 1 aliphatic heterocycles. The summed E-state index contributed by atoms with van der Waals surface area (Å²) in [5.74, 6) is 0.976. The Kier molecular flexibility index (Phi) is 4.55. The lowest BCUT2D eigenvalue weighted by atomic mass is 10.1. The summed E-state index contributed by atoms with van der Waals surface area (Å²) in [6, 6.07) is -0.261. The Morgan fingerprint density at radius 3 is 2.95 bits per heavy atom. The summed E-state index contributed by atoms with van der Waals surface area (Å²) in [6.45, 7) is 8.06. The number of hydrogen-bond acceptors (Lipinski definition) is 5. The first-order valence-corrected chi connectivity index (χ1v) is 7.91. The molecule has 1 unspecified atom stereocenters. The van der Waals surface area contributed by atoms with Gasteiger partial charge in [0.05, 0.1) is 11.3 Å². The molecule has 0 radical (unpaired) electrons. The zero-order valence-electron chi connectivity index (χ0n) is 12.7. The van der Waals surface area contributed by atoms with Gasteiger partial charge in [-0.15, -0.1) is 22.0 Å². The van der Waals surface area contributed by atoms with Crippen molar-refractivity contribution in [1.82, 2.24) is 25.4 Å². The van der Waals surface area contributed by atoms with Crippen molar-refractivity contribution in [2.75, 3.05) is 5.75 Å². The summed E-state index contributed by atoms with van der Waals surface area (Å²) in [7, 11) is 0. The van der Waals surface area contributed by atoms with Crippen molar-refractivity contribution >= 4 is 23.6 Å². The van der Waals surface area contributed by atoms with E-state index in [0.717, 1.165) is 0 Å². The zero-order valence-corrected chi connectivity index (χ0v) is 13.5. The van der Waals surface area contributed by atoms with Crippen LogP contribution in [0.1, 0.15) is 39.6 Å². The van der Waals surface area contributed by atoms with Gasteiger partial charge in [-0.3, -0.25) is 9.59 Å². The van der Waals surface area contributed by atoms with Crippen LogP contribution in [0.5, 0.6) is 0 Å². The predicted molar refractivity (Wildman–Crippen MR) is 80.7 cm³/mol. The minimum absolute atomic E-state index is 0.107. The maximum absolute atomic E-state index is 12.1. The molecule has 0 spiro atoms. The van der Waals surface area contributed by atoms with Gasteiger partial charge in [0.2, 0.25) is 11.8 Å². The maximum atomic E-state index is 12.1. The molecule has 8 heteroatoms. The minimum atomic E-state index is -0.494. The SMILES string of the molecule is CC(C)n1cnnc1CNC(=O)C1CSC(C)(C)C(=O)N1. The summed E-state index contributed by atoms with van der Waals surface area (Å²) in [6.07, 6.45) is 1.65. The smallest absolute Gasteiger partial charge is 0.243 e. The lowest BCUT2D eigenvalue weighted by molar-refractivity contribution is -0.129. The average Bonchev–Trinajstić information content (AvgIpc) is 2.87. The van der Waals surface area contributed by atoms with Gasteiger partial charge in [-0.2, -0.15) is 0 Å². The molecule has 2 rings (SSSR count). The molecule has 2 amide bonds. The molecule has 0 aromatic carbocycles. The first-order valence-electron chi connectivity index (χ1n) is 6.92. The first-order chi connectivity index (χ1) is 9.81. The molecule has 0 aliphatic carbocycles. The monoisotopic (exact) mass is 311 g/mol. The highest BCUT2D eigenvalue weighted by Gasteiger charge is 2.37. The Morgan fingerprint density at radius 2 is 2.33 bits per heavy atom. The Morgan fingerprint density at radius 1 is 1.62 bits per heavy atom. The van der Waals surface area contributed by atoms with Gasteiger partial charge in [0.25, 0.3) is 0 Å². The molecule has 21 heavy (non-hydrogen) atoms. The van der Waals surface area contributed by atoms with E-state index in [0.29, 0.717) is 18.1 Å². The second kappa shape index (κ2) is 6.05. The number of carbonyl (C=O) groups is 2. The maximum Gasteiger partial charge on any atom is 0.243 e. The number of amides is 2. The Bertz CT molecular complexity index is 540. The van der Waals surface area contributed by atoms with Crippen LogP contribution in [-0.2, 0) is 16.1 Å². The number of rotatable bonds is 4. The molecule has 2 heterocycles. The van der Waals surface area contributed by atoms with Gasteiger partial charge in [-0.1, -0.05) is 0 Å². The van der Waals surface area contributed by atoms with E-state index in [1.807, 2.05) is 32.3 Å². The topological polar surface area (TPSA) is 88.9 Å². The van der Waals surface area contributed by atoms with E-state index in [4.69, 9.17) is 0 Å². The van der Waals surface area contributed by atoms with Gasteiger partial charge >= 0.3 is 0 Å². The molecular formula is C13H21N5O2S. The van der Waals surface area contributed by atoms with Crippen molar-refractivity contribution in [2.45, 2.75) is 51.1 Å². The van der Waals surface area contributed by atoms with Crippen molar-refractivity contribution in [3.63, 3.8) is 0 Å². The molecular weight excluding hydrogens is 290 g/mol. The van der Waals surface area contributed by atoms with Gasteiger partial charge in [-0.25, -0.2) is 0 Å². The lowest BCUT2D eigenvalue weighted by Gasteiger charge is -2.32. The van der Waals surface area contributed by atoms with Crippen LogP contribution in [0.2, 0.25) is 0 Å². The van der Waals surface area contributed by atoms with Crippen LogP contribution in [0, 0.1) is 0 Å². The number of thioether (sulfide) groups is 1. The van der Waals surface area contributed by atoms with Crippen LogP contribution in [-0.4, -0.2) is 43.1 Å². The van der Waals surface area contributed by atoms with Crippen LogP contribution >= 0.6 is 11.8 Å². The molecule has 2 N–H and O–H groups in total. The highest BCUT2D eigenvalue weighted by Crippen LogP contribution is 2.28. The van der Waals surface area contributed by atoms with Crippen LogP contribution in [0.3, 0.4) is 0 Å². The van der Waals surface area contributed by atoms with E-state index in [-0.39, 0.29) is 17.9 Å². The summed E-state index contributed by atoms with van der Waals surface area (Å²) >= 11 is 1.49. The third-order valence-electron chi connectivity index (χ3n) is 3.40. The van der Waals surface area contributed by atoms with Crippen LogP contribution in [0.4, 0.5) is 0 Å². The molecule has 1 aromatic rings. The number of nitrogens with zero attached hydrogens (tertiary/aromatic N) is 3. The molecule has 1 fully saturated rings. The number of carbonyl (C=O) groups excluding carboxylic acids is 2. The van der Waals surface area contributed by atoms with Crippen LogP contribution in [0.25, 0.3) is 0 Å². The average molecular weight is 311 g/mol. The molecule has 116 valence electrons. The summed E-state index contributed by atoms with van der Waals surface area (Å²) in [4.78, 5) is 24.0. The highest BCUT2D eigenvalue weighted by atomic mass is 32.2. The largest absolute Gasteiger partial charge is 0.347 e. The number of hydrogen-bond donors (Lipinski definition) is 2. The Balaban J connectivity index is 1.91. The fourth-order valence-electron chi connectivity index (χ4n) is 1.99. The molecule has 1 atom stereocenters. The lowest BCUT2D eigenvalue weighted by Crippen LogP contribution is -2.57. The van der Waals surface area contributed by atoms with E-state index in [1.54, 1.807) is 6.33 Å². The van der Waals surface area contributed by atoms with E-state index in [1.165, 1.54) is 11.8 Å². The first kappa shape index (κ1) is 15.8. The molecule has 0 saturated carbocycles. The van der Waals surface area contributed by atoms with E-state index in [9.17, 15) is 9.59 Å². The quantitative estimate of drug-likeness (QED) is 0.844. The second-order valence-electron chi connectivity index (χ2n) is 5.81. The third kappa shape index (κ3) is 3.55. The van der Waals surface area contributed by atoms with Gasteiger partial charge in [0, 0.05) is 11.8 Å². The van der Waals surface area contributed by atoms with Crippen LogP contribution in [0.15, 0.2) is 6.33 Å². The predicted octanol–water partition coefficient (Wildman–Crippen LogP) is 0.485. The minimum Gasteiger partial charge on any atom is -0.347 e.